The molecule has 2 atom stereocenters. The summed E-state index contributed by atoms with van der Waals surface area (Å²) >= 11 is 3.59. The van der Waals surface area contributed by atoms with Crippen LogP contribution in [0.4, 0.5) is 5.69 Å². The van der Waals surface area contributed by atoms with Crippen LogP contribution in [0.25, 0.3) is 0 Å². The lowest BCUT2D eigenvalue weighted by atomic mass is 9.86. The number of hydrogen-bond donors (Lipinski definition) is 1. The molecule has 0 radical (unpaired) electrons. The topological polar surface area (TPSA) is 29.3 Å². The normalized spacial score (nSPS) is 24.4. The Morgan fingerprint density at radius 2 is 2.17 bits per heavy atom. The van der Waals surface area contributed by atoms with Crippen molar-refractivity contribution in [2.75, 3.05) is 12.8 Å². The monoisotopic (exact) mass is 310 g/mol. The molecule has 1 aromatic rings. The Hall–Kier alpha value is -0.540. The van der Waals surface area contributed by atoms with Crippen LogP contribution in [-0.2, 0) is 6.54 Å². The Morgan fingerprint density at radius 3 is 2.89 bits per heavy atom. The van der Waals surface area contributed by atoms with Gasteiger partial charge in [-0.05, 0) is 53.4 Å². The van der Waals surface area contributed by atoms with Gasteiger partial charge in [-0.15, -0.1) is 0 Å². The minimum atomic E-state index is 0.724. The van der Waals surface area contributed by atoms with Crippen molar-refractivity contribution in [3.05, 3.63) is 28.2 Å². The van der Waals surface area contributed by atoms with E-state index in [1.807, 2.05) is 12.1 Å². The molecule has 0 aliphatic heterocycles. The quantitative estimate of drug-likeness (QED) is 0.854. The average molecular weight is 311 g/mol. The van der Waals surface area contributed by atoms with E-state index in [9.17, 15) is 0 Å². The van der Waals surface area contributed by atoms with Crippen LogP contribution >= 0.6 is 15.9 Å². The highest BCUT2D eigenvalue weighted by atomic mass is 79.9. The summed E-state index contributed by atoms with van der Waals surface area (Å²) in [7, 11) is 2.23. The van der Waals surface area contributed by atoms with Crippen molar-refractivity contribution in [3.8, 4) is 0 Å². The molecule has 2 N–H and O–H groups in total. The van der Waals surface area contributed by atoms with Crippen LogP contribution in [0.1, 0.15) is 38.2 Å². The summed E-state index contributed by atoms with van der Waals surface area (Å²) in [5.74, 6) is 0.871. The van der Waals surface area contributed by atoms with Gasteiger partial charge in [0.05, 0.1) is 0 Å². The van der Waals surface area contributed by atoms with Gasteiger partial charge in [-0.3, -0.25) is 4.90 Å². The molecule has 1 saturated carbocycles. The summed E-state index contributed by atoms with van der Waals surface area (Å²) < 4.78 is 1.06. The van der Waals surface area contributed by atoms with Crippen LogP contribution in [0.15, 0.2) is 22.7 Å². The smallest absolute Gasteiger partial charge is 0.0461 e. The van der Waals surface area contributed by atoms with E-state index in [1.165, 1.54) is 31.2 Å². The molecular formula is C15H23BrN2. The molecule has 0 saturated heterocycles. The maximum absolute atomic E-state index is 5.93. The molecule has 18 heavy (non-hydrogen) atoms. The Labute approximate surface area is 119 Å². The lowest BCUT2D eigenvalue weighted by Crippen LogP contribution is -2.35. The molecule has 0 amide bonds. The molecule has 0 spiro atoms. The molecule has 2 nitrogen and oxygen atoms in total. The van der Waals surface area contributed by atoms with Gasteiger partial charge in [0.1, 0.15) is 0 Å². The predicted molar refractivity (Wildman–Crippen MR) is 81.4 cm³/mol. The second-order valence-corrected chi connectivity index (χ2v) is 6.45. The van der Waals surface area contributed by atoms with Crippen LogP contribution < -0.4 is 5.73 Å². The standard InChI is InChI=1S/C15H23BrN2/c1-11-5-3-7-13(9-11)18(2)10-12-6-4-8-14(17)15(12)16/h4,6,8,11,13H,3,5,7,9-10,17H2,1-2H3. The minimum absolute atomic E-state index is 0.724. The number of nitrogens with zero attached hydrogens (tertiary/aromatic N) is 1. The van der Waals surface area contributed by atoms with Gasteiger partial charge in [0, 0.05) is 22.7 Å². The average Bonchev–Trinajstić information content (AvgIpc) is 2.35. The molecule has 1 fully saturated rings. The molecule has 0 bridgehead atoms. The fourth-order valence-corrected chi connectivity index (χ4v) is 3.31. The molecule has 1 aromatic carbocycles. The lowest BCUT2D eigenvalue weighted by molar-refractivity contribution is 0.157. The fourth-order valence-electron chi connectivity index (χ4n) is 2.92. The number of halogens is 1. The minimum Gasteiger partial charge on any atom is -0.398 e. The zero-order chi connectivity index (χ0) is 13.1. The van der Waals surface area contributed by atoms with E-state index in [0.717, 1.165) is 28.7 Å². The van der Waals surface area contributed by atoms with Crippen LogP contribution in [0, 0.1) is 5.92 Å². The van der Waals surface area contributed by atoms with Crippen molar-refractivity contribution in [3.63, 3.8) is 0 Å². The molecule has 0 aromatic heterocycles. The summed E-state index contributed by atoms with van der Waals surface area (Å²) in [6.07, 6.45) is 5.43. The lowest BCUT2D eigenvalue weighted by Gasteiger charge is -2.34. The largest absolute Gasteiger partial charge is 0.398 e. The molecule has 1 aliphatic rings. The maximum atomic E-state index is 5.93. The molecule has 2 rings (SSSR count). The third kappa shape index (κ3) is 3.27. The van der Waals surface area contributed by atoms with Crippen molar-refractivity contribution < 1.29 is 0 Å². The molecule has 2 unspecified atom stereocenters. The van der Waals surface area contributed by atoms with E-state index in [-0.39, 0.29) is 0 Å². The van der Waals surface area contributed by atoms with E-state index in [1.54, 1.807) is 0 Å². The van der Waals surface area contributed by atoms with Crippen molar-refractivity contribution >= 4 is 21.6 Å². The van der Waals surface area contributed by atoms with Crippen molar-refractivity contribution in [1.82, 2.24) is 4.90 Å². The van der Waals surface area contributed by atoms with Crippen LogP contribution in [0.5, 0.6) is 0 Å². The third-order valence-electron chi connectivity index (χ3n) is 4.06. The highest BCUT2D eigenvalue weighted by Crippen LogP contribution is 2.29. The summed E-state index contributed by atoms with van der Waals surface area (Å²) in [6, 6.07) is 6.86. The number of nitrogens with two attached hydrogens (primary N) is 1. The maximum Gasteiger partial charge on any atom is 0.0461 e. The Bertz CT molecular complexity index is 405. The first-order valence-corrected chi connectivity index (χ1v) is 7.60. The van der Waals surface area contributed by atoms with Crippen LogP contribution in [0.3, 0.4) is 0 Å². The van der Waals surface area contributed by atoms with Gasteiger partial charge in [-0.1, -0.05) is 31.9 Å². The SMILES string of the molecule is CC1CCCC(N(C)Cc2cccc(N)c2Br)C1. The van der Waals surface area contributed by atoms with E-state index in [4.69, 9.17) is 5.73 Å². The van der Waals surface area contributed by atoms with E-state index >= 15 is 0 Å². The van der Waals surface area contributed by atoms with E-state index in [0.29, 0.717) is 0 Å². The highest BCUT2D eigenvalue weighted by molar-refractivity contribution is 9.10. The Balaban J connectivity index is 2.02. The van der Waals surface area contributed by atoms with Gasteiger partial charge < -0.3 is 5.73 Å². The second kappa shape index (κ2) is 6.07. The highest BCUT2D eigenvalue weighted by Gasteiger charge is 2.22. The van der Waals surface area contributed by atoms with Crippen LogP contribution in [-0.4, -0.2) is 18.0 Å². The number of benzene rings is 1. The van der Waals surface area contributed by atoms with Gasteiger partial charge >= 0.3 is 0 Å². The van der Waals surface area contributed by atoms with Gasteiger partial charge in [-0.25, -0.2) is 0 Å². The number of nitrogen functional groups attached to an aromatic ring is 1. The first-order chi connectivity index (χ1) is 8.58. The fraction of sp³-hybridized carbons (Fsp3) is 0.600. The number of rotatable bonds is 3. The molecule has 3 heteroatoms. The zero-order valence-corrected chi connectivity index (χ0v) is 12.9. The van der Waals surface area contributed by atoms with E-state index in [2.05, 4.69) is 40.9 Å². The first-order valence-electron chi connectivity index (χ1n) is 6.81. The molecular weight excluding hydrogens is 288 g/mol. The van der Waals surface area contributed by atoms with Crippen molar-refractivity contribution in [2.45, 2.75) is 45.2 Å². The van der Waals surface area contributed by atoms with Gasteiger partial charge in [0.25, 0.3) is 0 Å². The summed E-state index contributed by atoms with van der Waals surface area (Å²) in [4.78, 5) is 2.48. The van der Waals surface area contributed by atoms with Crippen molar-refractivity contribution in [1.29, 1.82) is 0 Å². The number of anilines is 1. The zero-order valence-electron chi connectivity index (χ0n) is 11.3. The number of hydrogen-bond acceptors (Lipinski definition) is 2. The second-order valence-electron chi connectivity index (χ2n) is 5.66. The van der Waals surface area contributed by atoms with Gasteiger partial charge in [0.2, 0.25) is 0 Å². The van der Waals surface area contributed by atoms with Gasteiger partial charge in [-0.2, -0.15) is 0 Å². The van der Waals surface area contributed by atoms with E-state index < -0.39 is 0 Å². The van der Waals surface area contributed by atoms with Gasteiger partial charge in [0.15, 0.2) is 0 Å². The summed E-state index contributed by atoms with van der Waals surface area (Å²) in [5, 5.41) is 0. The molecule has 100 valence electrons. The molecule has 0 heterocycles. The van der Waals surface area contributed by atoms with Crippen LogP contribution in [0.2, 0.25) is 0 Å². The van der Waals surface area contributed by atoms with Crippen molar-refractivity contribution in [2.24, 2.45) is 5.92 Å². The predicted octanol–water partition coefficient (Wildman–Crippen LogP) is 4.04. The Morgan fingerprint density at radius 1 is 1.39 bits per heavy atom. The third-order valence-corrected chi connectivity index (χ3v) is 5.03. The Kier molecular flexibility index (Phi) is 4.68. The molecule has 1 aliphatic carbocycles. The summed E-state index contributed by atoms with van der Waals surface area (Å²) in [6.45, 7) is 3.35. The summed E-state index contributed by atoms with van der Waals surface area (Å²) in [5.41, 5.74) is 8.05. The first kappa shape index (κ1) is 13.9.